The summed E-state index contributed by atoms with van der Waals surface area (Å²) in [6.07, 6.45) is -5.24. The Morgan fingerprint density at radius 1 is 1.25 bits per heavy atom. The molecule has 0 saturated carbocycles. The summed E-state index contributed by atoms with van der Waals surface area (Å²) in [5.74, 6) is 0. The number of hydrogen-bond donors (Lipinski definition) is 0. The van der Waals surface area contributed by atoms with E-state index in [1.807, 2.05) is 0 Å². The van der Waals surface area contributed by atoms with Gasteiger partial charge in [-0.15, -0.1) is 11.3 Å². The molecule has 0 aromatic carbocycles. The van der Waals surface area contributed by atoms with Gasteiger partial charge in [0, 0.05) is 10.3 Å². The van der Waals surface area contributed by atoms with Crippen molar-refractivity contribution >= 4 is 44.8 Å². The summed E-state index contributed by atoms with van der Waals surface area (Å²) in [7, 11) is 0. The Hall–Kier alpha value is -0.590. The van der Waals surface area contributed by atoms with Gasteiger partial charge in [0.15, 0.2) is 0 Å². The van der Waals surface area contributed by atoms with E-state index >= 15 is 0 Å². The second-order valence-corrected chi connectivity index (χ2v) is 4.82. The number of halogens is 5. The van der Waals surface area contributed by atoms with Gasteiger partial charge in [0.1, 0.15) is 9.98 Å². The van der Waals surface area contributed by atoms with Crippen LogP contribution in [0.15, 0.2) is 6.07 Å². The molecule has 0 amide bonds. The number of fused-ring (bicyclic) bond motifs is 1. The summed E-state index contributed by atoms with van der Waals surface area (Å²) >= 11 is 12.2. The zero-order valence-electron chi connectivity index (χ0n) is 7.48. The quantitative estimate of drug-likeness (QED) is 0.583. The van der Waals surface area contributed by atoms with Gasteiger partial charge in [0.25, 0.3) is 0 Å². The standard InChI is InChI=1S/C8H3Cl2F3N2S/c9-5-4-1-3(2-8(11,12)13)16-6(4)15-7(10)14-5/h1H,2H2. The third-order valence-electron chi connectivity index (χ3n) is 1.74. The molecular weight excluding hydrogens is 284 g/mol. The third kappa shape index (κ3) is 2.56. The van der Waals surface area contributed by atoms with Gasteiger partial charge < -0.3 is 0 Å². The van der Waals surface area contributed by atoms with Crippen molar-refractivity contribution < 1.29 is 13.2 Å². The van der Waals surface area contributed by atoms with Crippen LogP contribution in [0.1, 0.15) is 4.88 Å². The summed E-state index contributed by atoms with van der Waals surface area (Å²) in [5.41, 5.74) is 0. The lowest BCUT2D eigenvalue weighted by Gasteiger charge is -2.01. The highest BCUT2D eigenvalue weighted by Crippen LogP contribution is 2.33. The number of hydrogen-bond acceptors (Lipinski definition) is 3. The van der Waals surface area contributed by atoms with Crippen molar-refractivity contribution in [3.63, 3.8) is 0 Å². The molecule has 2 rings (SSSR count). The lowest BCUT2D eigenvalue weighted by atomic mass is 10.3. The second kappa shape index (κ2) is 4.01. The van der Waals surface area contributed by atoms with E-state index in [1.165, 1.54) is 6.07 Å². The molecule has 0 fully saturated rings. The molecule has 2 aromatic rings. The molecule has 2 nitrogen and oxygen atoms in total. The SMILES string of the molecule is FC(F)(F)Cc1cc2c(Cl)nc(Cl)nc2s1. The van der Waals surface area contributed by atoms with Crippen LogP contribution < -0.4 is 0 Å². The first kappa shape index (κ1) is 11.9. The minimum atomic E-state index is -4.25. The molecule has 0 aliphatic rings. The fourth-order valence-electron chi connectivity index (χ4n) is 1.20. The predicted molar refractivity (Wildman–Crippen MR) is 57.2 cm³/mol. The molecule has 0 aliphatic carbocycles. The Labute approximate surface area is 102 Å². The van der Waals surface area contributed by atoms with Gasteiger partial charge in [0.2, 0.25) is 5.28 Å². The Balaban J connectivity index is 2.48. The summed E-state index contributed by atoms with van der Waals surface area (Å²) in [4.78, 5) is 7.97. The Morgan fingerprint density at radius 2 is 1.94 bits per heavy atom. The van der Waals surface area contributed by atoms with Crippen LogP contribution in [-0.4, -0.2) is 16.1 Å². The highest BCUT2D eigenvalue weighted by Gasteiger charge is 2.29. The molecule has 0 aliphatic heterocycles. The molecule has 0 saturated heterocycles. The van der Waals surface area contributed by atoms with Gasteiger partial charge in [-0.05, 0) is 17.7 Å². The molecule has 0 unspecified atom stereocenters. The first-order valence-corrected chi connectivity index (χ1v) is 5.60. The van der Waals surface area contributed by atoms with Crippen molar-refractivity contribution in [3.8, 4) is 0 Å². The van der Waals surface area contributed by atoms with Crippen LogP contribution >= 0.6 is 34.5 Å². The van der Waals surface area contributed by atoms with E-state index in [9.17, 15) is 13.2 Å². The number of aromatic nitrogens is 2. The summed E-state index contributed by atoms with van der Waals surface area (Å²) in [6, 6.07) is 1.34. The lowest BCUT2D eigenvalue weighted by Crippen LogP contribution is -2.09. The molecular formula is C8H3Cl2F3N2S. The zero-order chi connectivity index (χ0) is 11.9. The van der Waals surface area contributed by atoms with Crippen LogP contribution in [-0.2, 0) is 6.42 Å². The molecule has 2 heterocycles. The van der Waals surface area contributed by atoms with E-state index in [4.69, 9.17) is 23.2 Å². The zero-order valence-corrected chi connectivity index (χ0v) is 9.81. The Morgan fingerprint density at radius 3 is 2.56 bits per heavy atom. The highest BCUT2D eigenvalue weighted by atomic mass is 35.5. The van der Waals surface area contributed by atoms with Gasteiger partial charge >= 0.3 is 6.18 Å². The van der Waals surface area contributed by atoms with E-state index in [0.717, 1.165) is 11.3 Å². The summed E-state index contributed by atoms with van der Waals surface area (Å²) < 4.78 is 36.5. The fourth-order valence-corrected chi connectivity index (χ4v) is 2.80. The Bertz CT molecular complexity index is 538. The maximum absolute atomic E-state index is 12.2. The molecule has 0 radical (unpaired) electrons. The maximum Gasteiger partial charge on any atom is 0.393 e. The molecule has 0 N–H and O–H groups in total. The number of thiophene rings is 1. The molecule has 0 bridgehead atoms. The highest BCUT2D eigenvalue weighted by molar-refractivity contribution is 7.18. The second-order valence-electron chi connectivity index (χ2n) is 3.01. The number of alkyl halides is 3. The van der Waals surface area contributed by atoms with Crippen molar-refractivity contribution in [1.29, 1.82) is 0 Å². The first-order chi connectivity index (χ1) is 7.35. The number of rotatable bonds is 1. The average molecular weight is 287 g/mol. The van der Waals surface area contributed by atoms with Crippen LogP contribution in [0.5, 0.6) is 0 Å². The van der Waals surface area contributed by atoms with Crippen LogP contribution in [0.4, 0.5) is 13.2 Å². The largest absolute Gasteiger partial charge is 0.393 e. The van der Waals surface area contributed by atoms with Gasteiger partial charge in [-0.1, -0.05) is 11.6 Å². The molecule has 0 spiro atoms. The average Bonchev–Trinajstić information content (AvgIpc) is 2.43. The smallest absolute Gasteiger partial charge is 0.207 e. The minimum absolute atomic E-state index is 0.0691. The predicted octanol–water partition coefficient (Wildman–Crippen LogP) is 4.10. The minimum Gasteiger partial charge on any atom is -0.207 e. The topological polar surface area (TPSA) is 25.8 Å². The van der Waals surface area contributed by atoms with Crippen molar-refractivity contribution in [2.75, 3.05) is 0 Å². The summed E-state index contributed by atoms with van der Waals surface area (Å²) in [5, 5.41) is 0.396. The first-order valence-electron chi connectivity index (χ1n) is 4.03. The molecule has 2 aromatic heterocycles. The van der Waals surface area contributed by atoms with Gasteiger partial charge in [-0.3, -0.25) is 0 Å². The van der Waals surface area contributed by atoms with Gasteiger partial charge in [0.05, 0.1) is 6.42 Å². The van der Waals surface area contributed by atoms with E-state index in [-0.39, 0.29) is 15.3 Å². The van der Waals surface area contributed by atoms with Crippen LogP contribution in [0.3, 0.4) is 0 Å². The van der Waals surface area contributed by atoms with Gasteiger partial charge in [-0.25, -0.2) is 9.97 Å². The normalized spacial score (nSPS) is 12.3. The van der Waals surface area contributed by atoms with Crippen LogP contribution in [0, 0.1) is 0 Å². The molecule has 86 valence electrons. The maximum atomic E-state index is 12.2. The van der Waals surface area contributed by atoms with E-state index in [0.29, 0.717) is 10.2 Å². The van der Waals surface area contributed by atoms with Crippen molar-refractivity contribution in [2.45, 2.75) is 12.6 Å². The van der Waals surface area contributed by atoms with E-state index in [1.54, 1.807) is 0 Å². The lowest BCUT2D eigenvalue weighted by molar-refractivity contribution is -0.126. The Kier molecular flexibility index (Phi) is 2.98. The van der Waals surface area contributed by atoms with E-state index in [2.05, 4.69) is 9.97 Å². The molecule has 16 heavy (non-hydrogen) atoms. The van der Waals surface area contributed by atoms with Crippen molar-refractivity contribution in [3.05, 3.63) is 21.4 Å². The molecule has 8 heteroatoms. The van der Waals surface area contributed by atoms with Crippen molar-refractivity contribution in [2.24, 2.45) is 0 Å². The molecule has 0 atom stereocenters. The van der Waals surface area contributed by atoms with E-state index < -0.39 is 12.6 Å². The monoisotopic (exact) mass is 286 g/mol. The third-order valence-corrected chi connectivity index (χ3v) is 3.23. The van der Waals surface area contributed by atoms with Gasteiger partial charge in [-0.2, -0.15) is 13.2 Å². The van der Waals surface area contributed by atoms with Crippen LogP contribution in [0.25, 0.3) is 10.2 Å². The van der Waals surface area contributed by atoms with Crippen LogP contribution in [0.2, 0.25) is 10.4 Å². The number of nitrogens with zero attached hydrogens (tertiary/aromatic N) is 2. The summed E-state index contributed by atoms with van der Waals surface area (Å²) in [6.45, 7) is 0. The fraction of sp³-hybridized carbons (Fsp3) is 0.250. The van der Waals surface area contributed by atoms with Crippen molar-refractivity contribution in [1.82, 2.24) is 9.97 Å².